The number of carbonyl (C=O) groups excluding carboxylic acids is 1. The lowest BCUT2D eigenvalue weighted by Gasteiger charge is -2.33. The Morgan fingerprint density at radius 2 is 1.96 bits per heavy atom. The molecule has 2 aromatic rings. The van der Waals surface area contributed by atoms with Gasteiger partial charge in [0, 0.05) is 30.9 Å². The molecule has 1 saturated heterocycles. The van der Waals surface area contributed by atoms with Crippen LogP contribution in [0.1, 0.15) is 45.1 Å². The Morgan fingerprint density at radius 1 is 1.28 bits per heavy atom. The molecule has 134 valence electrons. The van der Waals surface area contributed by atoms with E-state index < -0.39 is 11.7 Å². The van der Waals surface area contributed by atoms with Gasteiger partial charge < -0.3 is 14.7 Å². The normalized spacial score (nSPS) is 16.2. The number of carboxylic acid groups (broad SMARTS) is 1. The summed E-state index contributed by atoms with van der Waals surface area (Å²) in [6, 6.07) is 3.71. The van der Waals surface area contributed by atoms with Gasteiger partial charge in [0.15, 0.2) is 0 Å². The van der Waals surface area contributed by atoms with E-state index in [1.807, 2.05) is 32.9 Å². The molecule has 3 heterocycles. The van der Waals surface area contributed by atoms with Crippen LogP contribution in [-0.2, 0) is 4.74 Å². The highest BCUT2D eigenvalue weighted by Gasteiger charge is 2.29. The van der Waals surface area contributed by atoms with E-state index in [0.29, 0.717) is 18.7 Å². The molecular weight excluding hydrogens is 322 g/mol. The number of likely N-dealkylation sites (tertiary alicyclic amines) is 1. The van der Waals surface area contributed by atoms with Gasteiger partial charge in [-0.15, -0.1) is 0 Å². The number of fused-ring (bicyclic) bond motifs is 1. The lowest BCUT2D eigenvalue weighted by atomic mass is 9.90. The molecule has 1 fully saturated rings. The molecule has 0 aliphatic carbocycles. The largest absolute Gasteiger partial charge is 0.464 e. The SMILES string of the molecule is CC(C)(C)OC(=O)N1CCC(c2cn(C(=O)O)c3ncccc23)CC1. The molecule has 0 radical (unpaired) electrons. The Bertz CT molecular complexity index is 798. The molecule has 7 heteroatoms. The zero-order valence-corrected chi connectivity index (χ0v) is 14.7. The molecule has 0 unspecified atom stereocenters. The summed E-state index contributed by atoms with van der Waals surface area (Å²) in [5.74, 6) is 0.200. The summed E-state index contributed by atoms with van der Waals surface area (Å²) in [6.07, 6.45) is 3.46. The predicted octanol–water partition coefficient (Wildman–Crippen LogP) is 3.68. The zero-order valence-electron chi connectivity index (χ0n) is 14.7. The van der Waals surface area contributed by atoms with E-state index in [-0.39, 0.29) is 12.0 Å². The van der Waals surface area contributed by atoms with Crippen molar-refractivity contribution in [3.05, 3.63) is 30.1 Å². The third-order valence-electron chi connectivity index (χ3n) is 4.39. The van der Waals surface area contributed by atoms with Crippen LogP contribution in [-0.4, -0.2) is 50.4 Å². The van der Waals surface area contributed by atoms with Crippen LogP contribution in [0.4, 0.5) is 9.59 Å². The van der Waals surface area contributed by atoms with Crippen molar-refractivity contribution in [1.29, 1.82) is 0 Å². The van der Waals surface area contributed by atoms with E-state index in [4.69, 9.17) is 4.74 Å². The van der Waals surface area contributed by atoms with Gasteiger partial charge in [-0.25, -0.2) is 19.1 Å². The molecule has 2 aromatic heterocycles. The fourth-order valence-electron chi connectivity index (χ4n) is 3.25. The Balaban J connectivity index is 1.77. The lowest BCUT2D eigenvalue weighted by molar-refractivity contribution is 0.0205. The highest BCUT2D eigenvalue weighted by atomic mass is 16.6. The monoisotopic (exact) mass is 345 g/mol. The van der Waals surface area contributed by atoms with Crippen molar-refractivity contribution in [2.24, 2.45) is 0 Å². The Morgan fingerprint density at radius 3 is 2.56 bits per heavy atom. The number of amides is 1. The average Bonchev–Trinajstić information content (AvgIpc) is 2.93. The molecule has 0 spiro atoms. The third-order valence-corrected chi connectivity index (χ3v) is 4.39. The lowest BCUT2D eigenvalue weighted by Crippen LogP contribution is -2.41. The predicted molar refractivity (Wildman–Crippen MR) is 92.9 cm³/mol. The Labute approximate surface area is 146 Å². The quantitative estimate of drug-likeness (QED) is 0.852. The maximum absolute atomic E-state index is 12.2. The number of hydrogen-bond acceptors (Lipinski definition) is 4. The standard InChI is InChI=1S/C18H23N3O4/c1-18(2,3)25-17(24)20-9-6-12(7-10-20)14-11-21(16(22)23)15-13(14)5-4-8-19-15/h4-5,8,11-12H,6-7,9-10H2,1-3H3,(H,22,23). The smallest absolute Gasteiger partial charge is 0.417 e. The molecule has 0 saturated carbocycles. The van der Waals surface area contributed by atoms with E-state index in [2.05, 4.69) is 4.98 Å². The van der Waals surface area contributed by atoms with Gasteiger partial charge in [-0.3, -0.25) is 0 Å². The molecule has 0 aromatic carbocycles. The molecule has 0 bridgehead atoms. The number of rotatable bonds is 1. The Kier molecular flexibility index (Phi) is 4.41. The molecule has 1 aliphatic heterocycles. The van der Waals surface area contributed by atoms with E-state index in [0.717, 1.165) is 23.8 Å². The van der Waals surface area contributed by atoms with Crippen molar-refractivity contribution in [1.82, 2.24) is 14.5 Å². The van der Waals surface area contributed by atoms with Crippen LogP contribution in [0.3, 0.4) is 0 Å². The maximum Gasteiger partial charge on any atom is 0.417 e. The third kappa shape index (κ3) is 3.60. The average molecular weight is 345 g/mol. The van der Waals surface area contributed by atoms with Gasteiger partial charge in [0.25, 0.3) is 0 Å². The summed E-state index contributed by atoms with van der Waals surface area (Å²) >= 11 is 0. The molecule has 3 rings (SSSR count). The molecule has 25 heavy (non-hydrogen) atoms. The molecule has 1 aliphatic rings. The van der Waals surface area contributed by atoms with Crippen molar-refractivity contribution in [2.45, 2.75) is 45.1 Å². The first-order valence-corrected chi connectivity index (χ1v) is 8.43. The van der Waals surface area contributed by atoms with E-state index in [1.54, 1.807) is 17.3 Å². The number of hydrogen-bond donors (Lipinski definition) is 1. The maximum atomic E-state index is 12.2. The number of ether oxygens (including phenoxy) is 1. The van der Waals surface area contributed by atoms with Gasteiger partial charge in [0.1, 0.15) is 11.2 Å². The van der Waals surface area contributed by atoms with Crippen LogP contribution in [0, 0.1) is 0 Å². The van der Waals surface area contributed by atoms with Crippen LogP contribution in [0.25, 0.3) is 11.0 Å². The highest BCUT2D eigenvalue weighted by Crippen LogP contribution is 2.34. The number of pyridine rings is 1. The van der Waals surface area contributed by atoms with E-state index >= 15 is 0 Å². The van der Waals surface area contributed by atoms with Crippen molar-refractivity contribution < 1.29 is 19.4 Å². The Hall–Kier alpha value is -2.57. The van der Waals surface area contributed by atoms with Crippen molar-refractivity contribution in [3.63, 3.8) is 0 Å². The second-order valence-electron chi connectivity index (χ2n) is 7.35. The zero-order chi connectivity index (χ0) is 18.2. The van der Waals surface area contributed by atoms with Crippen molar-refractivity contribution in [2.75, 3.05) is 13.1 Å². The summed E-state index contributed by atoms with van der Waals surface area (Å²) in [4.78, 5) is 29.5. The second kappa shape index (κ2) is 6.38. The first-order valence-electron chi connectivity index (χ1n) is 8.43. The van der Waals surface area contributed by atoms with Gasteiger partial charge in [-0.1, -0.05) is 0 Å². The van der Waals surface area contributed by atoms with Gasteiger partial charge >= 0.3 is 12.2 Å². The van der Waals surface area contributed by atoms with E-state index in [1.165, 1.54) is 4.57 Å². The van der Waals surface area contributed by atoms with E-state index in [9.17, 15) is 14.7 Å². The second-order valence-corrected chi connectivity index (χ2v) is 7.35. The molecule has 1 N–H and O–H groups in total. The highest BCUT2D eigenvalue weighted by molar-refractivity contribution is 5.89. The topological polar surface area (TPSA) is 84.7 Å². The van der Waals surface area contributed by atoms with Crippen molar-refractivity contribution in [3.8, 4) is 0 Å². The van der Waals surface area contributed by atoms with Gasteiger partial charge in [-0.05, 0) is 57.2 Å². The van der Waals surface area contributed by atoms with Crippen LogP contribution in [0.15, 0.2) is 24.5 Å². The van der Waals surface area contributed by atoms with Crippen LogP contribution in [0.5, 0.6) is 0 Å². The molecule has 0 atom stereocenters. The minimum atomic E-state index is -1.04. The number of carbonyl (C=O) groups is 2. The van der Waals surface area contributed by atoms with Crippen molar-refractivity contribution >= 4 is 23.2 Å². The number of nitrogens with zero attached hydrogens (tertiary/aromatic N) is 3. The first kappa shape index (κ1) is 17.3. The fraction of sp³-hybridized carbons (Fsp3) is 0.500. The van der Waals surface area contributed by atoms with Gasteiger partial charge in [0.05, 0.1) is 0 Å². The minimum Gasteiger partial charge on any atom is -0.464 e. The summed E-state index contributed by atoms with van der Waals surface area (Å²) in [6.45, 7) is 6.75. The minimum absolute atomic E-state index is 0.200. The summed E-state index contributed by atoms with van der Waals surface area (Å²) in [7, 11) is 0. The van der Waals surface area contributed by atoms with Gasteiger partial charge in [-0.2, -0.15) is 0 Å². The van der Waals surface area contributed by atoms with Crippen LogP contribution >= 0.6 is 0 Å². The molecule has 7 nitrogen and oxygen atoms in total. The number of piperidine rings is 1. The summed E-state index contributed by atoms with van der Waals surface area (Å²) in [5, 5.41) is 10.2. The summed E-state index contributed by atoms with van der Waals surface area (Å²) in [5.41, 5.74) is 0.933. The van der Waals surface area contributed by atoms with Crippen LogP contribution < -0.4 is 0 Å². The number of aromatic nitrogens is 2. The molecule has 1 amide bonds. The van der Waals surface area contributed by atoms with Gasteiger partial charge in [0.2, 0.25) is 0 Å². The van der Waals surface area contributed by atoms with Crippen LogP contribution in [0.2, 0.25) is 0 Å². The summed E-state index contributed by atoms with van der Waals surface area (Å²) < 4.78 is 6.59. The molecular formula is C18H23N3O4. The first-order chi connectivity index (χ1) is 11.8. The fourth-order valence-corrected chi connectivity index (χ4v) is 3.25.